The maximum atomic E-state index is 4.90. The number of halogens is 1. The Balaban J connectivity index is -0.0000000184. The van der Waals surface area contributed by atoms with Gasteiger partial charge in [-0.15, -0.1) is 0 Å². The molecule has 9 heteroatoms. The molecule has 0 heterocycles. The molecule has 0 spiro atoms. The minimum Gasteiger partial charge on any atom is -1.00 e. The number of rotatable bonds is 3. The first-order valence-corrected chi connectivity index (χ1v) is 3.95. The van der Waals surface area contributed by atoms with Crippen molar-refractivity contribution in [2.75, 3.05) is 39.3 Å². The van der Waals surface area contributed by atoms with Gasteiger partial charge in [-0.05, 0) is 0 Å². The van der Waals surface area contributed by atoms with E-state index in [9.17, 15) is 0 Å². The fourth-order valence-electron chi connectivity index (χ4n) is 0. The number of hydrogen-bond acceptors (Lipinski definition) is 6. The van der Waals surface area contributed by atoms with Gasteiger partial charge >= 0.3 is 16.8 Å². The predicted molar refractivity (Wildman–Crippen MR) is 57.9 cm³/mol. The van der Waals surface area contributed by atoms with Crippen LogP contribution in [0.4, 0.5) is 0 Å². The molecule has 0 atom stereocenters. The topological polar surface area (TPSA) is 188 Å². The van der Waals surface area contributed by atoms with Gasteiger partial charge < -0.3 is 52.3 Å². The molecule has 0 aromatic rings. The third-order valence-electron chi connectivity index (χ3n) is 0.500. The summed E-state index contributed by atoms with van der Waals surface area (Å²) in [6, 6.07) is 0. The van der Waals surface area contributed by atoms with E-state index >= 15 is 0 Å². The molecule has 100 valence electrons. The van der Waals surface area contributed by atoms with E-state index in [1.807, 2.05) is 0 Å². The monoisotopic (exact) mass is 292 g/mol. The largest absolute Gasteiger partial charge is 3.00 e. The quantitative estimate of drug-likeness (QED) is 0.299. The van der Waals surface area contributed by atoms with Gasteiger partial charge in [-0.25, -0.2) is 0 Å². The first-order valence-electron chi connectivity index (χ1n) is 3.95. The van der Waals surface area contributed by atoms with Crippen LogP contribution in [0.5, 0.6) is 0 Å². The van der Waals surface area contributed by atoms with Crippen molar-refractivity contribution in [2.24, 2.45) is 34.4 Å². The van der Waals surface area contributed by atoms with Crippen molar-refractivity contribution in [1.82, 2.24) is 0 Å². The molecular formula is C6H26ClCoN6O+2. The van der Waals surface area contributed by atoms with E-state index in [0.29, 0.717) is 39.3 Å². The molecule has 0 amide bonds. The molecule has 14 N–H and O–H groups in total. The molecule has 0 aliphatic rings. The zero-order valence-electron chi connectivity index (χ0n) is 8.92. The molecule has 0 saturated carbocycles. The average Bonchev–Trinajstić information content (AvgIpc) is 2.18. The van der Waals surface area contributed by atoms with Crippen molar-refractivity contribution in [3.8, 4) is 0 Å². The Bertz CT molecular complexity index is 43.1. The van der Waals surface area contributed by atoms with Crippen LogP contribution in [0.25, 0.3) is 0 Å². The molecule has 0 rings (SSSR count). The summed E-state index contributed by atoms with van der Waals surface area (Å²) >= 11 is 0. The predicted octanol–water partition coefficient (Wildman–Crippen LogP) is -7.11. The molecule has 0 saturated heterocycles. The van der Waals surface area contributed by atoms with Gasteiger partial charge in [-0.3, -0.25) is 0 Å². The van der Waals surface area contributed by atoms with Crippen molar-refractivity contribution in [1.29, 1.82) is 0 Å². The van der Waals surface area contributed by atoms with E-state index in [-0.39, 0.29) is 34.7 Å². The molecule has 0 aliphatic heterocycles. The van der Waals surface area contributed by atoms with Crippen molar-refractivity contribution < 1.29 is 34.7 Å². The fraction of sp³-hybridized carbons (Fsp3) is 1.00. The number of nitrogens with two attached hydrogens (primary N) is 6. The van der Waals surface area contributed by atoms with Crippen molar-refractivity contribution in [3.05, 3.63) is 0 Å². The Labute approximate surface area is 109 Å². The normalized spacial score (nSPS) is 6.00. The van der Waals surface area contributed by atoms with Gasteiger partial charge in [0.1, 0.15) is 0 Å². The summed E-state index contributed by atoms with van der Waals surface area (Å²) in [5.74, 6) is 0. The molecule has 0 radical (unpaired) electrons. The molecule has 0 aliphatic carbocycles. The van der Waals surface area contributed by atoms with Gasteiger partial charge in [0.25, 0.3) is 0 Å². The van der Waals surface area contributed by atoms with Gasteiger partial charge in [-0.1, -0.05) is 0 Å². The van der Waals surface area contributed by atoms with E-state index in [0.717, 1.165) is 0 Å². The molecule has 0 aromatic heterocycles. The molecule has 15 heavy (non-hydrogen) atoms. The van der Waals surface area contributed by atoms with E-state index < -0.39 is 0 Å². The second-order valence-corrected chi connectivity index (χ2v) is 1.73. The minimum atomic E-state index is 0. The summed E-state index contributed by atoms with van der Waals surface area (Å²) in [5.41, 5.74) is 29.4. The molecule has 0 fully saturated rings. The van der Waals surface area contributed by atoms with Crippen LogP contribution in [0.2, 0.25) is 0 Å². The third-order valence-corrected chi connectivity index (χ3v) is 0.500. The summed E-state index contributed by atoms with van der Waals surface area (Å²) in [6.07, 6.45) is 0. The fourth-order valence-corrected chi connectivity index (χ4v) is 0. The van der Waals surface area contributed by atoms with Crippen LogP contribution in [0.1, 0.15) is 0 Å². The molecule has 0 unspecified atom stereocenters. The van der Waals surface area contributed by atoms with Crippen LogP contribution in [0, 0.1) is 0 Å². The second-order valence-electron chi connectivity index (χ2n) is 1.73. The summed E-state index contributed by atoms with van der Waals surface area (Å²) in [7, 11) is 0. The van der Waals surface area contributed by atoms with Crippen LogP contribution in [0.3, 0.4) is 0 Å². The summed E-state index contributed by atoms with van der Waals surface area (Å²) in [6.45, 7) is 3.58. The third kappa shape index (κ3) is 184. The first-order chi connectivity index (χ1) is 5.74. The maximum Gasteiger partial charge on any atom is 3.00 e. The molecule has 7 nitrogen and oxygen atoms in total. The Kier molecular flexibility index (Phi) is 150. The summed E-state index contributed by atoms with van der Waals surface area (Å²) in [4.78, 5) is 0. The Morgan fingerprint density at radius 3 is 0.533 bits per heavy atom. The van der Waals surface area contributed by atoms with Crippen LogP contribution < -0.4 is 46.8 Å². The standard InChI is InChI=1S/3C2H8N2.ClH.Co.H2O/c3*3-1-2-4;;;/h3*1-4H2;1H;;1H2/q;;;;+3;/p-1. The van der Waals surface area contributed by atoms with Crippen molar-refractivity contribution in [2.45, 2.75) is 0 Å². The summed E-state index contributed by atoms with van der Waals surface area (Å²) in [5, 5.41) is 0. The zero-order chi connectivity index (χ0) is 10.2. The van der Waals surface area contributed by atoms with Gasteiger partial charge in [0.05, 0.1) is 0 Å². The molecule has 0 bridgehead atoms. The Hall–Kier alpha value is 0.516. The van der Waals surface area contributed by atoms with E-state index in [1.165, 1.54) is 0 Å². The SMILES string of the molecule is NCCN.NCCN.NCCN.O.[Cl-].[Co+3]. The van der Waals surface area contributed by atoms with Crippen LogP contribution in [-0.4, -0.2) is 44.7 Å². The average molecular weight is 293 g/mol. The van der Waals surface area contributed by atoms with E-state index in [1.54, 1.807) is 0 Å². The summed E-state index contributed by atoms with van der Waals surface area (Å²) < 4.78 is 0. The van der Waals surface area contributed by atoms with Gasteiger partial charge in [0, 0.05) is 39.3 Å². The molecule has 0 aromatic carbocycles. The second kappa shape index (κ2) is 62.5. The molecular weight excluding hydrogens is 266 g/mol. The van der Waals surface area contributed by atoms with Crippen LogP contribution in [0.15, 0.2) is 0 Å². The Morgan fingerprint density at radius 1 is 0.467 bits per heavy atom. The van der Waals surface area contributed by atoms with Crippen LogP contribution in [-0.2, 0) is 16.8 Å². The van der Waals surface area contributed by atoms with E-state index in [4.69, 9.17) is 34.4 Å². The van der Waals surface area contributed by atoms with Gasteiger partial charge in [-0.2, -0.15) is 0 Å². The van der Waals surface area contributed by atoms with Crippen molar-refractivity contribution >= 4 is 0 Å². The van der Waals surface area contributed by atoms with Crippen LogP contribution >= 0.6 is 0 Å². The van der Waals surface area contributed by atoms with Gasteiger partial charge in [0.2, 0.25) is 0 Å². The Morgan fingerprint density at radius 2 is 0.533 bits per heavy atom. The minimum absolute atomic E-state index is 0. The van der Waals surface area contributed by atoms with Crippen molar-refractivity contribution in [3.63, 3.8) is 0 Å². The first kappa shape index (κ1) is 36.1. The zero-order valence-corrected chi connectivity index (χ0v) is 10.7. The van der Waals surface area contributed by atoms with Gasteiger partial charge in [0.15, 0.2) is 0 Å². The maximum absolute atomic E-state index is 4.90. The number of hydrogen-bond donors (Lipinski definition) is 6. The smallest absolute Gasteiger partial charge is 1.00 e. The van der Waals surface area contributed by atoms with E-state index in [2.05, 4.69) is 0 Å².